The lowest BCUT2D eigenvalue weighted by molar-refractivity contribution is -0.357. The number of aliphatic hydroxyl groups excluding tert-OH is 1. The molecule has 0 aromatic rings. The summed E-state index contributed by atoms with van der Waals surface area (Å²) in [6.07, 6.45) is -16.3. The van der Waals surface area contributed by atoms with E-state index in [0.717, 1.165) is 48.5 Å². The molecule has 2 rings (SSSR count). The second-order valence-electron chi connectivity index (χ2n) is 9.68. The Kier molecular flexibility index (Phi) is 13.4. The molecule has 18 heteroatoms. The summed E-state index contributed by atoms with van der Waals surface area (Å²) in [5.41, 5.74) is 0. The predicted molar refractivity (Wildman–Crippen MR) is 135 cm³/mol. The molecule has 0 aromatic heterocycles. The Balaban J connectivity index is 2.66. The molecule has 0 spiro atoms. The summed E-state index contributed by atoms with van der Waals surface area (Å²) in [7, 11) is 0. The Bertz CT molecular complexity index is 1090. The molecular weight excluding hydrogens is 600 g/mol. The third kappa shape index (κ3) is 10.7. The van der Waals surface area contributed by atoms with Crippen LogP contribution in [0.15, 0.2) is 0 Å². The maximum absolute atomic E-state index is 12.2. The topological polar surface area (TPSA) is 232 Å². The van der Waals surface area contributed by atoms with Crippen LogP contribution in [0.1, 0.15) is 48.5 Å². The summed E-state index contributed by atoms with van der Waals surface area (Å²) in [5, 5.41) is 10.6. The third-order valence-corrected chi connectivity index (χ3v) is 5.90. The lowest BCUT2D eigenvalue weighted by Gasteiger charge is -2.48. The molecule has 0 amide bonds. The molecule has 18 nitrogen and oxygen atoms in total. The smallest absolute Gasteiger partial charge is 0.303 e. The van der Waals surface area contributed by atoms with Crippen molar-refractivity contribution in [1.82, 2.24) is 0 Å². The first-order valence-electron chi connectivity index (χ1n) is 13.3. The number of aliphatic hydroxyl groups is 1. The first-order valence-corrected chi connectivity index (χ1v) is 13.3. The van der Waals surface area contributed by atoms with Crippen LogP contribution in [0.4, 0.5) is 0 Å². The first-order chi connectivity index (χ1) is 20.5. The molecular formula is C26H36O18. The van der Waals surface area contributed by atoms with Crippen LogP contribution in [0, 0.1) is 0 Å². The van der Waals surface area contributed by atoms with E-state index in [9.17, 15) is 38.7 Å². The molecule has 2 aliphatic rings. The van der Waals surface area contributed by atoms with Gasteiger partial charge in [0.2, 0.25) is 0 Å². The molecule has 2 heterocycles. The van der Waals surface area contributed by atoms with Gasteiger partial charge in [-0.3, -0.25) is 33.6 Å². The van der Waals surface area contributed by atoms with Crippen molar-refractivity contribution < 1.29 is 86.0 Å². The molecule has 2 saturated heterocycles. The summed E-state index contributed by atoms with van der Waals surface area (Å²) in [5.74, 6) is -6.03. The van der Waals surface area contributed by atoms with Crippen LogP contribution < -0.4 is 0 Å². The predicted octanol–water partition coefficient (Wildman–Crippen LogP) is -1.40. The summed E-state index contributed by atoms with van der Waals surface area (Å²) in [6.45, 7) is 6.11. The summed E-state index contributed by atoms with van der Waals surface area (Å²) < 4.78 is 54.1. The van der Waals surface area contributed by atoms with Gasteiger partial charge in [-0.2, -0.15) is 0 Å². The van der Waals surface area contributed by atoms with Gasteiger partial charge in [0.25, 0.3) is 0 Å². The van der Waals surface area contributed by atoms with E-state index in [-0.39, 0.29) is 0 Å². The molecule has 4 unspecified atom stereocenters. The van der Waals surface area contributed by atoms with Gasteiger partial charge >= 0.3 is 41.8 Å². The molecule has 248 valence electrons. The standard InChI is InChI=1S/C26H36O18/c1-10(27)35-8-17-20(21(38-13(4)30)23(25(34)42-17)40-15(6)32)44-26-24(41-16(7)33)22(39-14(5)31)19(37-12(3)29)18(43-26)9-36-11(2)28/h17-26,34H,8-9H2,1-7H3/t17?,18?,19-,20-,21-,22+,23?,24?,25-,26-/m1/s1. The molecule has 0 saturated carbocycles. The third-order valence-electron chi connectivity index (χ3n) is 5.90. The molecule has 44 heavy (non-hydrogen) atoms. The van der Waals surface area contributed by atoms with Crippen LogP contribution in [-0.2, 0) is 80.9 Å². The quantitative estimate of drug-likeness (QED) is 0.203. The van der Waals surface area contributed by atoms with Gasteiger partial charge in [-0.15, -0.1) is 0 Å². The van der Waals surface area contributed by atoms with E-state index in [1.54, 1.807) is 0 Å². The molecule has 0 aliphatic carbocycles. The molecule has 2 aliphatic heterocycles. The van der Waals surface area contributed by atoms with Gasteiger partial charge in [0.05, 0.1) is 0 Å². The van der Waals surface area contributed by atoms with Gasteiger partial charge in [0, 0.05) is 48.5 Å². The van der Waals surface area contributed by atoms with Crippen LogP contribution in [0.2, 0.25) is 0 Å². The number of carbonyl (C=O) groups excluding carboxylic acids is 7. The van der Waals surface area contributed by atoms with E-state index in [0.29, 0.717) is 0 Å². The molecule has 1 N–H and O–H groups in total. The first kappa shape index (κ1) is 36.3. The fourth-order valence-electron chi connectivity index (χ4n) is 4.49. The second-order valence-corrected chi connectivity index (χ2v) is 9.68. The van der Waals surface area contributed by atoms with E-state index in [1.807, 2.05) is 0 Å². The molecule has 0 radical (unpaired) electrons. The highest BCUT2D eigenvalue weighted by Gasteiger charge is 2.57. The Labute approximate surface area is 251 Å². The molecule has 0 aromatic carbocycles. The minimum Gasteiger partial charge on any atom is -0.463 e. The SMILES string of the molecule is CC(=O)OCC1O[C@H](O[C@@H]2C(COC(C)=O)O[C@@H](O)C(OC(C)=O)[C@@H]2OC(C)=O)C(OC(C)=O)[C@@H](OC(C)=O)[C@@H]1OC(C)=O. The molecule has 2 fully saturated rings. The van der Waals surface area contributed by atoms with Crippen molar-refractivity contribution in [3.63, 3.8) is 0 Å². The van der Waals surface area contributed by atoms with Crippen molar-refractivity contribution >= 4 is 41.8 Å². The average Bonchev–Trinajstić information content (AvgIpc) is 2.87. The Morgan fingerprint density at radius 2 is 0.841 bits per heavy atom. The highest BCUT2D eigenvalue weighted by molar-refractivity contribution is 5.69. The Hall–Kier alpha value is -3.87. The minimum atomic E-state index is -1.90. The summed E-state index contributed by atoms with van der Waals surface area (Å²) >= 11 is 0. The maximum atomic E-state index is 12.2. The number of esters is 7. The van der Waals surface area contributed by atoms with E-state index in [2.05, 4.69) is 0 Å². The van der Waals surface area contributed by atoms with Crippen LogP contribution in [0.25, 0.3) is 0 Å². The largest absolute Gasteiger partial charge is 0.463 e. The van der Waals surface area contributed by atoms with Gasteiger partial charge in [0.15, 0.2) is 43.1 Å². The number of ether oxygens (including phenoxy) is 10. The van der Waals surface area contributed by atoms with E-state index in [1.165, 1.54) is 0 Å². The van der Waals surface area contributed by atoms with E-state index in [4.69, 9.17) is 47.4 Å². The van der Waals surface area contributed by atoms with Crippen LogP contribution in [0.5, 0.6) is 0 Å². The van der Waals surface area contributed by atoms with Gasteiger partial charge in [-0.05, 0) is 0 Å². The van der Waals surface area contributed by atoms with Crippen molar-refractivity contribution in [2.45, 2.75) is 110 Å². The maximum Gasteiger partial charge on any atom is 0.303 e. The van der Waals surface area contributed by atoms with Gasteiger partial charge in [-0.25, -0.2) is 0 Å². The number of hydrogen-bond donors (Lipinski definition) is 1. The van der Waals surface area contributed by atoms with Crippen molar-refractivity contribution in [3.8, 4) is 0 Å². The van der Waals surface area contributed by atoms with E-state index < -0.39 is 116 Å². The lowest BCUT2D eigenvalue weighted by atomic mass is 9.96. The van der Waals surface area contributed by atoms with Gasteiger partial charge < -0.3 is 52.5 Å². The van der Waals surface area contributed by atoms with E-state index >= 15 is 0 Å². The monoisotopic (exact) mass is 636 g/mol. The van der Waals surface area contributed by atoms with Crippen molar-refractivity contribution in [3.05, 3.63) is 0 Å². The van der Waals surface area contributed by atoms with Gasteiger partial charge in [-0.1, -0.05) is 0 Å². The van der Waals surface area contributed by atoms with Crippen LogP contribution >= 0.6 is 0 Å². The van der Waals surface area contributed by atoms with Crippen molar-refractivity contribution in [2.75, 3.05) is 13.2 Å². The van der Waals surface area contributed by atoms with Gasteiger partial charge in [0.1, 0.15) is 31.5 Å². The van der Waals surface area contributed by atoms with Crippen LogP contribution in [0.3, 0.4) is 0 Å². The summed E-state index contributed by atoms with van der Waals surface area (Å²) in [4.78, 5) is 83.5. The Morgan fingerprint density at radius 1 is 0.477 bits per heavy atom. The fraction of sp³-hybridized carbons (Fsp3) is 0.731. The summed E-state index contributed by atoms with van der Waals surface area (Å²) in [6, 6.07) is 0. The Morgan fingerprint density at radius 3 is 1.27 bits per heavy atom. The second kappa shape index (κ2) is 16.3. The number of hydrogen-bond acceptors (Lipinski definition) is 18. The van der Waals surface area contributed by atoms with Crippen molar-refractivity contribution in [1.29, 1.82) is 0 Å². The van der Waals surface area contributed by atoms with Crippen molar-refractivity contribution in [2.24, 2.45) is 0 Å². The lowest BCUT2D eigenvalue weighted by Crippen LogP contribution is -2.67. The number of carbonyl (C=O) groups is 7. The zero-order chi connectivity index (χ0) is 33.3. The normalized spacial score (nSPS) is 31.5. The molecule has 0 bridgehead atoms. The zero-order valence-electron chi connectivity index (χ0n) is 25.1. The average molecular weight is 637 g/mol. The minimum absolute atomic E-state index is 0.572. The highest BCUT2D eigenvalue weighted by Crippen LogP contribution is 2.34. The van der Waals surface area contributed by atoms with Crippen LogP contribution in [-0.4, -0.2) is 122 Å². The number of rotatable bonds is 11. The molecule has 10 atom stereocenters. The zero-order valence-corrected chi connectivity index (χ0v) is 25.1. The highest BCUT2D eigenvalue weighted by atomic mass is 16.8. The fourth-order valence-corrected chi connectivity index (χ4v) is 4.49.